The Morgan fingerprint density at radius 1 is 0.886 bits per heavy atom. The molecule has 8 N–H and O–H groups in total. The van der Waals surface area contributed by atoms with E-state index in [0.29, 0.717) is 67.6 Å². The number of anilines is 1. The summed E-state index contributed by atoms with van der Waals surface area (Å²) in [6.07, 6.45) is 19.9. The first-order chi connectivity index (χ1) is 37.8. The summed E-state index contributed by atoms with van der Waals surface area (Å²) in [6.45, 7) is 15.3. The lowest BCUT2D eigenvalue weighted by molar-refractivity contribution is -0.247. The standard InChI is InChI=1S/C69H101N3O7/c1-8-9-10-15-44-31-43-21-20-40(38-73)30-49(43)50(34-57(75)63-68(6,79-63)53-19-14-18-48(53)42-16-13-17-46(70)32-42)59-54-24-25-58-66(4)35-51(45-28-41(37-71-7)29-47(74)33-45)62(77)65(3)27-12-11-26-64(2,78)39-72-56(61(65)66)36-69(58)52(44)22-23-55(60(59)76)67(54,69)5/h13,16-17,28-29,32-33,40,43-44,48-53,55-58,61,63,71-75,78H,8-12,14-15,18-27,30-31,34-39,70H2,1-7H3. The van der Waals surface area contributed by atoms with E-state index < -0.39 is 28.1 Å². The smallest absolute Gasteiger partial charge is 0.163 e. The Bertz CT molecular complexity index is 2670. The predicted octanol–water partition coefficient (Wildman–Crippen LogP) is 12.1. The molecule has 0 amide bonds. The molecular weight excluding hydrogens is 983 g/mol. The molecule has 8 fully saturated rings. The van der Waals surface area contributed by atoms with Crippen molar-refractivity contribution in [3.05, 3.63) is 70.3 Å². The number of nitrogen functional groups attached to an aromatic ring is 1. The van der Waals surface area contributed by atoms with Gasteiger partial charge in [0.25, 0.3) is 0 Å². The Morgan fingerprint density at radius 2 is 1.70 bits per heavy atom. The van der Waals surface area contributed by atoms with E-state index in [1.807, 2.05) is 32.2 Å². The Hall–Kier alpha value is -3.12. The number of hydrogen-bond acceptors (Lipinski definition) is 10. The second-order valence-electron chi connectivity index (χ2n) is 29.9. The molecule has 10 nitrogen and oxygen atoms in total. The van der Waals surface area contributed by atoms with Crippen LogP contribution in [0.25, 0.3) is 0 Å². The number of benzene rings is 2. The number of Topliss-reactive ketones (excluding diaryl/α,β-unsaturated/α-hetero) is 2. The molecule has 0 aromatic heterocycles. The van der Waals surface area contributed by atoms with E-state index in [9.17, 15) is 20.4 Å². The molecule has 21 atom stereocenters. The Morgan fingerprint density at radius 3 is 2.47 bits per heavy atom. The fourth-order valence-electron chi connectivity index (χ4n) is 22.8. The van der Waals surface area contributed by atoms with Crippen molar-refractivity contribution >= 4 is 17.3 Å². The van der Waals surface area contributed by atoms with Crippen LogP contribution >= 0.6 is 0 Å². The highest BCUT2D eigenvalue weighted by Gasteiger charge is 2.78. The summed E-state index contributed by atoms with van der Waals surface area (Å²) in [7, 11) is 1.93. The van der Waals surface area contributed by atoms with E-state index in [4.69, 9.17) is 10.5 Å². The van der Waals surface area contributed by atoms with Crippen molar-refractivity contribution in [2.75, 3.05) is 25.9 Å². The number of carbonyl (C=O) groups excluding carboxylic acids is 2. The van der Waals surface area contributed by atoms with E-state index in [0.717, 1.165) is 125 Å². The highest BCUT2D eigenvalue weighted by atomic mass is 16.6. The van der Waals surface area contributed by atoms with Crippen LogP contribution in [0.1, 0.15) is 211 Å². The Labute approximate surface area is 474 Å². The third-order valence-corrected chi connectivity index (χ3v) is 25.8. The zero-order chi connectivity index (χ0) is 55.6. The number of aliphatic hydroxyl groups is 3. The van der Waals surface area contributed by atoms with E-state index >= 15 is 9.59 Å². The topological polar surface area (TPSA) is 178 Å². The number of carbonyl (C=O) groups is 2. The quantitative estimate of drug-likeness (QED) is 0.0580. The van der Waals surface area contributed by atoms with Crippen LogP contribution in [0, 0.1) is 80.8 Å². The van der Waals surface area contributed by atoms with Crippen LogP contribution in [-0.2, 0) is 20.9 Å². The second-order valence-corrected chi connectivity index (χ2v) is 29.9. The van der Waals surface area contributed by atoms with Gasteiger partial charge in [-0.3, -0.25) is 9.59 Å². The summed E-state index contributed by atoms with van der Waals surface area (Å²) >= 11 is 0. The van der Waals surface area contributed by atoms with E-state index in [1.165, 1.54) is 30.4 Å². The Balaban J connectivity index is 1.02. The highest BCUT2D eigenvalue weighted by Crippen LogP contribution is 2.82. The van der Waals surface area contributed by atoms with Crippen LogP contribution in [-0.4, -0.2) is 81.6 Å². The first kappa shape index (κ1) is 56.4. The summed E-state index contributed by atoms with van der Waals surface area (Å²) in [5, 5.41) is 55.2. The molecule has 2 aliphatic heterocycles. The van der Waals surface area contributed by atoms with Gasteiger partial charge in [-0.2, -0.15) is 0 Å². The van der Waals surface area contributed by atoms with Crippen LogP contribution < -0.4 is 16.4 Å². The maximum Gasteiger partial charge on any atom is 0.163 e. The molecule has 10 aliphatic rings. The van der Waals surface area contributed by atoms with E-state index in [1.54, 1.807) is 0 Å². The second kappa shape index (κ2) is 20.9. The molecular formula is C69H101N3O7. The molecule has 2 aromatic rings. The van der Waals surface area contributed by atoms with Crippen molar-refractivity contribution in [1.82, 2.24) is 10.6 Å². The largest absolute Gasteiger partial charge is 0.508 e. The number of nitrogens with one attached hydrogen (secondary N) is 2. The van der Waals surface area contributed by atoms with Crippen LogP contribution in [0.3, 0.4) is 0 Å². The molecule has 8 aliphatic carbocycles. The van der Waals surface area contributed by atoms with E-state index in [-0.39, 0.29) is 82.7 Å². The minimum atomic E-state index is -0.896. The predicted molar refractivity (Wildman–Crippen MR) is 312 cm³/mol. The number of phenolic OH excluding ortho intramolecular Hbond substituents is 1. The number of rotatable bonds is 13. The number of ketones is 2. The summed E-state index contributed by atoms with van der Waals surface area (Å²) in [5.74, 6) is 2.59. The van der Waals surface area contributed by atoms with Crippen LogP contribution in [0.15, 0.2) is 53.6 Å². The molecule has 79 heavy (non-hydrogen) atoms. The van der Waals surface area contributed by atoms with Crippen molar-refractivity contribution < 1.29 is 34.8 Å². The van der Waals surface area contributed by atoms with Gasteiger partial charge in [0.2, 0.25) is 0 Å². The maximum atomic E-state index is 16.6. The summed E-state index contributed by atoms with van der Waals surface area (Å²) in [5.41, 5.74) is 9.76. The minimum absolute atomic E-state index is 0.0214. The van der Waals surface area contributed by atoms with Gasteiger partial charge in [-0.1, -0.05) is 96.4 Å². The van der Waals surface area contributed by atoms with Crippen molar-refractivity contribution in [2.24, 2.45) is 80.8 Å². The van der Waals surface area contributed by atoms with Crippen LogP contribution in [0.2, 0.25) is 0 Å². The number of aromatic hydroxyl groups is 1. The zero-order valence-electron chi connectivity index (χ0n) is 49.5. The van der Waals surface area contributed by atoms with Gasteiger partial charge in [0.1, 0.15) is 17.6 Å². The summed E-state index contributed by atoms with van der Waals surface area (Å²) in [4.78, 5) is 32.6. The van der Waals surface area contributed by atoms with Gasteiger partial charge in [0, 0.05) is 54.1 Å². The minimum Gasteiger partial charge on any atom is -0.508 e. The van der Waals surface area contributed by atoms with Gasteiger partial charge in [-0.15, -0.1) is 0 Å². The summed E-state index contributed by atoms with van der Waals surface area (Å²) in [6, 6.07) is 14.2. The van der Waals surface area contributed by atoms with Crippen LogP contribution in [0.5, 0.6) is 5.75 Å². The average Bonchev–Trinajstić information content (AvgIpc) is 2.49. The number of β-amino-alcohol motifs (C(OH)–C–C–N with tert-alkyl or cyclic N) is 1. The average molecular weight is 1080 g/mol. The number of aliphatic hydroxyl groups excluding tert-OH is 2. The molecule has 0 radical (unpaired) electrons. The van der Waals surface area contributed by atoms with E-state index in [2.05, 4.69) is 69.5 Å². The molecule has 6 saturated carbocycles. The molecule has 21 unspecified atom stereocenters. The van der Waals surface area contributed by atoms with Crippen molar-refractivity contribution in [3.8, 4) is 5.75 Å². The molecule has 434 valence electrons. The third-order valence-electron chi connectivity index (χ3n) is 25.8. The monoisotopic (exact) mass is 1080 g/mol. The lowest BCUT2D eigenvalue weighted by Crippen LogP contribution is -2.74. The zero-order valence-corrected chi connectivity index (χ0v) is 49.5. The van der Waals surface area contributed by atoms with Crippen molar-refractivity contribution in [3.63, 3.8) is 0 Å². The summed E-state index contributed by atoms with van der Waals surface area (Å²) < 4.78 is 6.89. The highest BCUT2D eigenvalue weighted by molar-refractivity contribution is 6.03. The number of unbranched alkanes of at least 4 members (excludes halogenated alkanes) is 2. The SMILES string of the molecule is CCCCCC1CC2CCC(CO)CC2C(CC(O)C2OC2(C)C2CCCC2c2cccc(N)c2)C2=C3CCC4C5(C)CC(c6cc(O)cc(CNC)c6)C(=O)C6(C)CCCCC(C)(O)CNC(CC47C1CCC(C2=O)C37C)C65. The molecule has 2 saturated heterocycles. The number of allylic oxidation sites excluding steroid dienone is 2. The normalized spacial score (nSPS) is 45.8. The van der Waals surface area contributed by atoms with Crippen molar-refractivity contribution in [2.45, 2.75) is 231 Å². The van der Waals surface area contributed by atoms with Crippen LogP contribution in [0.4, 0.5) is 5.69 Å². The number of hydrogen-bond donors (Lipinski definition) is 7. The number of nitrogens with two attached hydrogens (primary N) is 1. The van der Waals surface area contributed by atoms with Crippen molar-refractivity contribution in [1.29, 1.82) is 0 Å². The number of ether oxygens (including phenoxy) is 1. The number of phenols is 1. The van der Waals surface area contributed by atoms with Gasteiger partial charge in [-0.25, -0.2) is 0 Å². The first-order valence-corrected chi connectivity index (χ1v) is 32.3. The molecule has 10 heteroatoms. The van der Waals surface area contributed by atoms with Gasteiger partial charge in [0.15, 0.2) is 5.78 Å². The molecule has 5 bridgehead atoms. The maximum absolute atomic E-state index is 16.6. The third kappa shape index (κ3) is 8.94. The van der Waals surface area contributed by atoms with Gasteiger partial charge in [-0.05, 0) is 234 Å². The Kier molecular flexibility index (Phi) is 14.9. The first-order valence-electron chi connectivity index (χ1n) is 32.3. The lowest BCUT2D eigenvalue weighted by Gasteiger charge is -2.76. The molecule has 2 aromatic carbocycles. The van der Waals surface area contributed by atoms with Gasteiger partial charge < -0.3 is 41.5 Å². The number of epoxide rings is 1. The molecule has 12 rings (SSSR count). The fraction of sp³-hybridized carbons (Fsp3) is 0.768. The fourth-order valence-corrected chi connectivity index (χ4v) is 22.8. The molecule has 2 heterocycles. The lowest BCUT2D eigenvalue weighted by atomic mass is 9.28. The van der Waals surface area contributed by atoms with Gasteiger partial charge in [0.05, 0.1) is 17.3 Å². The molecule has 1 spiro atoms. The van der Waals surface area contributed by atoms with Gasteiger partial charge >= 0.3 is 0 Å². The number of fused-ring (bicyclic) bond motifs is 2.